The first-order valence-corrected chi connectivity index (χ1v) is 20.0. The van der Waals surface area contributed by atoms with Gasteiger partial charge in [-0.2, -0.15) is 0 Å². The maximum Gasteiger partial charge on any atom is 0.267 e. The molecule has 0 radical (unpaired) electrons. The van der Waals surface area contributed by atoms with Crippen LogP contribution in [0.5, 0.6) is 0 Å². The van der Waals surface area contributed by atoms with Crippen LogP contribution in [0.4, 0.5) is 31.5 Å². The maximum absolute atomic E-state index is 13.3. The van der Waals surface area contributed by atoms with E-state index < -0.39 is 43.5 Å². The van der Waals surface area contributed by atoms with Crippen LogP contribution in [0.2, 0.25) is 10.0 Å². The molecular weight excluding hydrogens is 798 g/mol. The van der Waals surface area contributed by atoms with Crippen LogP contribution in [-0.4, -0.2) is 28.6 Å². The van der Waals surface area contributed by atoms with Gasteiger partial charge in [0.1, 0.15) is 21.4 Å². The van der Waals surface area contributed by atoms with Crippen LogP contribution in [0.1, 0.15) is 19.3 Å². The van der Waals surface area contributed by atoms with Gasteiger partial charge in [0.25, 0.3) is 31.9 Å². The Balaban J connectivity index is 0.000000201. The van der Waals surface area contributed by atoms with Gasteiger partial charge in [-0.05, 0) is 102 Å². The van der Waals surface area contributed by atoms with Crippen molar-refractivity contribution in [3.05, 3.63) is 151 Å². The van der Waals surface area contributed by atoms with Crippen molar-refractivity contribution >= 4 is 100 Å². The second-order valence-corrected chi connectivity index (χ2v) is 16.4. The third-order valence-corrected chi connectivity index (χ3v) is 11.7. The Kier molecular flexibility index (Phi) is 12.3. The number of hydrogen-bond acceptors (Lipinski definition) is 8. The molecule has 0 spiro atoms. The lowest BCUT2D eigenvalue weighted by atomic mass is 10.3. The van der Waals surface area contributed by atoms with Crippen LogP contribution in [0.25, 0.3) is 0 Å². The number of sulfonamides is 2. The summed E-state index contributed by atoms with van der Waals surface area (Å²) in [4.78, 5) is 24.9. The van der Waals surface area contributed by atoms with Gasteiger partial charge in [0.05, 0.1) is 21.2 Å². The Morgan fingerprint density at radius 1 is 0.538 bits per heavy atom. The average Bonchev–Trinajstić information content (AvgIpc) is 3.74. The summed E-state index contributed by atoms with van der Waals surface area (Å²) in [7, 11) is -7.97. The van der Waals surface area contributed by atoms with E-state index in [4.69, 9.17) is 23.2 Å². The van der Waals surface area contributed by atoms with Gasteiger partial charge in [-0.25, -0.2) is 25.6 Å². The number of hydrogen-bond donors (Lipinski definition) is 4. The highest BCUT2D eigenvalue weighted by Crippen LogP contribution is 2.28. The first-order valence-electron chi connectivity index (χ1n) is 14.6. The predicted molar refractivity (Wildman–Crippen MR) is 202 cm³/mol. The van der Waals surface area contributed by atoms with E-state index >= 15 is 0 Å². The van der Waals surface area contributed by atoms with Gasteiger partial charge in [-0.3, -0.25) is 19.0 Å². The summed E-state index contributed by atoms with van der Waals surface area (Å²) >= 11 is 13.9. The van der Waals surface area contributed by atoms with E-state index in [0.29, 0.717) is 21.4 Å². The Labute approximate surface area is 315 Å². The van der Waals surface area contributed by atoms with E-state index in [1.165, 1.54) is 24.3 Å². The molecule has 268 valence electrons. The minimum atomic E-state index is -4.03. The van der Waals surface area contributed by atoms with Gasteiger partial charge >= 0.3 is 0 Å². The monoisotopic (exact) mass is 820 g/mol. The molecule has 52 heavy (non-hydrogen) atoms. The number of halogens is 4. The molecule has 0 bridgehead atoms. The molecule has 0 unspecified atom stereocenters. The molecule has 0 aliphatic carbocycles. The first kappa shape index (κ1) is 38.4. The Hall–Kier alpha value is -4.84. The highest BCUT2D eigenvalue weighted by Gasteiger charge is 2.22. The number of carbonyl (C=O) groups excluding carboxylic acids is 2. The fourth-order valence-corrected chi connectivity index (χ4v) is 8.47. The zero-order valence-corrected chi connectivity index (χ0v) is 30.9. The van der Waals surface area contributed by atoms with Crippen LogP contribution in [0.15, 0.2) is 130 Å². The van der Waals surface area contributed by atoms with E-state index in [0.717, 1.165) is 59.1 Å². The molecule has 0 saturated carbocycles. The topological polar surface area (TPSA) is 151 Å². The smallest absolute Gasteiger partial charge is 0.267 e. The standard InChI is InChI=1S/2C17H12ClFN2O3S2/c18-11-3-1-5-13(9-11)20-17(22)16-15(7-8-25-16)21-26(23,24)14-6-2-4-12(19)10-14;18-11-2-1-3-13(10-11)20-17(22)16-15(8-9-25-16)21-26(23,24)14-6-4-12(19)5-7-14/h2*1-10,21H,(H,20,22). The molecule has 2 amide bonds. The first-order chi connectivity index (χ1) is 24.7. The molecule has 10 nitrogen and oxygen atoms in total. The number of amides is 2. The molecule has 0 atom stereocenters. The molecule has 0 fully saturated rings. The van der Waals surface area contributed by atoms with E-state index in [9.17, 15) is 35.2 Å². The summed E-state index contributed by atoms with van der Waals surface area (Å²) in [6.45, 7) is 0. The van der Waals surface area contributed by atoms with Crippen molar-refractivity contribution in [1.82, 2.24) is 0 Å². The molecule has 6 rings (SSSR count). The van der Waals surface area contributed by atoms with E-state index in [-0.39, 0.29) is 30.9 Å². The number of carbonyl (C=O) groups is 2. The van der Waals surface area contributed by atoms with Crippen LogP contribution in [0.3, 0.4) is 0 Å². The lowest BCUT2D eigenvalue weighted by Crippen LogP contribution is -2.17. The number of thiophene rings is 2. The van der Waals surface area contributed by atoms with Crippen molar-refractivity contribution in [2.45, 2.75) is 9.79 Å². The third kappa shape index (κ3) is 10.1. The third-order valence-electron chi connectivity index (χ3n) is 6.63. The molecule has 4 N–H and O–H groups in total. The quantitative estimate of drug-likeness (QED) is 0.108. The maximum atomic E-state index is 13.3. The van der Waals surface area contributed by atoms with Crippen LogP contribution >= 0.6 is 45.9 Å². The van der Waals surface area contributed by atoms with Gasteiger partial charge in [0.2, 0.25) is 0 Å². The second-order valence-electron chi connectivity index (χ2n) is 10.4. The van der Waals surface area contributed by atoms with Crippen LogP contribution < -0.4 is 20.1 Å². The molecule has 0 aliphatic rings. The highest BCUT2D eigenvalue weighted by atomic mass is 35.5. The zero-order chi connectivity index (χ0) is 37.5. The summed E-state index contributed by atoms with van der Waals surface area (Å²) in [6, 6.07) is 25.1. The van der Waals surface area contributed by atoms with Gasteiger partial charge < -0.3 is 10.6 Å². The van der Waals surface area contributed by atoms with Crippen molar-refractivity contribution in [3.8, 4) is 0 Å². The average molecular weight is 822 g/mol. The summed E-state index contributed by atoms with van der Waals surface area (Å²) < 4.78 is 80.6. The van der Waals surface area contributed by atoms with Crippen molar-refractivity contribution < 1.29 is 35.2 Å². The zero-order valence-electron chi connectivity index (χ0n) is 26.1. The number of rotatable bonds is 10. The SMILES string of the molecule is O=C(Nc1cccc(Cl)c1)c1sccc1NS(=O)(=O)c1ccc(F)cc1.O=C(Nc1cccc(Cl)c1)c1sccc1NS(=O)(=O)c1cccc(F)c1. The molecule has 2 heterocycles. The number of anilines is 4. The van der Waals surface area contributed by atoms with E-state index in [2.05, 4.69) is 20.1 Å². The van der Waals surface area contributed by atoms with Gasteiger partial charge in [-0.15, -0.1) is 22.7 Å². The van der Waals surface area contributed by atoms with Gasteiger partial charge in [-0.1, -0.05) is 41.4 Å². The Bertz CT molecular complexity index is 2460. The summed E-state index contributed by atoms with van der Waals surface area (Å²) in [5.41, 5.74) is 1.22. The molecule has 0 saturated heterocycles. The van der Waals surface area contributed by atoms with Gasteiger partial charge in [0, 0.05) is 21.4 Å². The van der Waals surface area contributed by atoms with Crippen molar-refractivity contribution in [3.63, 3.8) is 0 Å². The number of benzene rings is 4. The van der Waals surface area contributed by atoms with Crippen molar-refractivity contribution in [2.24, 2.45) is 0 Å². The van der Waals surface area contributed by atoms with E-state index in [1.54, 1.807) is 59.3 Å². The minimum absolute atomic E-state index is 0.105. The summed E-state index contributed by atoms with van der Waals surface area (Å²) in [5, 5.41) is 9.41. The van der Waals surface area contributed by atoms with Crippen molar-refractivity contribution in [2.75, 3.05) is 20.1 Å². The van der Waals surface area contributed by atoms with Crippen molar-refractivity contribution in [1.29, 1.82) is 0 Å². The second kappa shape index (κ2) is 16.7. The predicted octanol–water partition coefficient (Wildman–Crippen LogP) is 9.19. The molecule has 4 aromatic carbocycles. The van der Waals surface area contributed by atoms with Crippen LogP contribution in [-0.2, 0) is 20.0 Å². The largest absolute Gasteiger partial charge is 0.321 e. The molecular formula is C34H24Cl2F2N4O6S4. The normalized spacial score (nSPS) is 11.2. The molecule has 18 heteroatoms. The van der Waals surface area contributed by atoms with Crippen LogP contribution in [0, 0.1) is 11.6 Å². The lowest BCUT2D eigenvalue weighted by Gasteiger charge is -2.10. The lowest BCUT2D eigenvalue weighted by molar-refractivity contribution is 0.102. The Morgan fingerprint density at radius 2 is 1.00 bits per heavy atom. The fourth-order valence-electron chi connectivity index (χ4n) is 4.29. The Morgan fingerprint density at radius 3 is 1.46 bits per heavy atom. The van der Waals surface area contributed by atoms with Gasteiger partial charge in [0.15, 0.2) is 0 Å². The fraction of sp³-hybridized carbons (Fsp3) is 0. The summed E-state index contributed by atoms with van der Waals surface area (Å²) in [5.74, 6) is -2.17. The number of nitrogens with one attached hydrogen (secondary N) is 4. The minimum Gasteiger partial charge on any atom is -0.321 e. The van der Waals surface area contributed by atoms with E-state index in [1.807, 2.05) is 0 Å². The highest BCUT2D eigenvalue weighted by molar-refractivity contribution is 7.93. The summed E-state index contributed by atoms with van der Waals surface area (Å²) in [6.07, 6.45) is 0. The molecule has 0 aliphatic heterocycles. The molecule has 2 aromatic heterocycles. The molecule has 6 aromatic rings.